The van der Waals surface area contributed by atoms with Gasteiger partial charge in [-0.1, -0.05) is 30.3 Å². The Labute approximate surface area is 67.0 Å². The first-order valence-electron chi connectivity index (χ1n) is 3.97. The lowest BCUT2D eigenvalue weighted by Gasteiger charge is -2.03. The summed E-state index contributed by atoms with van der Waals surface area (Å²) in [7, 11) is 0. The summed E-state index contributed by atoms with van der Waals surface area (Å²) in [4.78, 5) is 0. The van der Waals surface area contributed by atoms with Crippen LogP contribution in [0.4, 0.5) is 0 Å². The molecule has 2 rings (SSSR count). The first kappa shape index (κ1) is 6.86. The average molecular weight is 148 g/mol. The van der Waals surface area contributed by atoms with Crippen LogP contribution in [0, 0.1) is 0 Å². The first-order valence-corrected chi connectivity index (χ1v) is 3.97. The Kier molecular flexibility index (Phi) is 1.30. The van der Waals surface area contributed by atoms with Gasteiger partial charge in [-0.05, 0) is 19.4 Å². The molecule has 1 heteroatoms. The summed E-state index contributed by atoms with van der Waals surface area (Å²) in [6, 6.07) is 10.4. The van der Waals surface area contributed by atoms with E-state index in [1.54, 1.807) is 0 Å². The number of hydrogen-bond donors (Lipinski definition) is 0. The van der Waals surface area contributed by atoms with Crippen molar-refractivity contribution in [3.05, 3.63) is 35.9 Å². The normalized spacial score (nSPS) is 35.3. The molecule has 58 valence electrons. The Balaban J connectivity index is 2.32. The van der Waals surface area contributed by atoms with Gasteiger partial charge >= 0.3 is 0 Å². The van der Waals surface area contributed by atoms with E-state index in [2.05, 4.69) is 38.1 Å². The van der Waals surface area contributed by atoms with Crippen LogP contribution in [-0.4, -0.2) is 6.10 Å². The Morgan fingerprint density at radius 3 is 2.27 bits per heavy atom. The minimum absolute atomic E-state index is 0.00125. The number of ether oxygens (including phenoxy) is 1. The van der Waals surface area contributed by atoms with Crippen LogP contribution in [0.3, 0.4) is 0 Å². The molecule has 1 nitrogen and oxygen atoms in total. The van der Waals surface area contributed by atoms with Gasteiger partial charge in [0.2, 0.25) is 0 Å². The van der Waals surface area contributed by atoms with E-state index < -0.39 is 0 Å². The van der Waals surface area contributed by atoms with Crippen molar-refractivity contribution in [1.82, 2.24) is 0 Å². The molecule has 0 bridgehead atoms. The molecule has 1 unspecified atom stereocenters. The zero-order valence-electron chi connectivity index (χ0n) is 6.87. The lowest BCUT2D eigenvalue weighted by atomic mass is 9.98. The van der Waals surface area contributed by atoms with Crippen molar-refractivity contribution in [2.45, 2.75) is 25.6 Å². The van der Waals surface area contributed by atoms with Gasteiger partial charge in [0.25, 0.3) is 0 Å². The SMILES string of the molecule is C[C@H]1OC1(C)c1ccccc1. The highest BCUT2D eigenvalue weighted by Gasteiger charge is 2.49. The van der Waals surface area contributed by atoms with Gasteiger partial charge in [-0.3, -0.25) is 0 Å². The summed E-state index contributed by atoms with van der Waals surface area (Å²) in [6.45, 7) is 4.24. The molecule has 0 amide bonds. The third-order valence-electron chi connectivity index (χ3n) is 2.49. The fourth-order valence-corrected chi connectivity index (χ4v) is 1.41. The minimum Gasteiger partial charge on any atom is -0.362 e. The van der Waals surface area contributed by atoms with Gasteiger partial charge in [0.05, 0.1) is 6.10 Å². The molecule has 0 spiro atoms. The molecule has 1 saturated heterocycles. The summed E-state index contributed by atoms with van der Waals surface area (Å²) in [5.74, 6) is 0. The summed E-state index contributed by atoms with van der Waals surface area (Å²) >= 11 is 0. The quantitative estimate of drug-likeness (QED) is 0.557. The second kappa shape index (κ2) is 2.08. The molecule has 0 aromatic heterocycles. The van der Waals surface area contributed by atoms with E-state index in [0.29, 0.717) is 6.10 Å². The molecule has 1 heterocycles. The molecular formula is C10H12O. The lowest BCUT2D eigenvalue weighted by Crippen LogP contribution is -2.04. The summed E-state index contributed by atoms with van der Waals surface area (Å²) in [5, 5.41) is 0. The maximum Gasteiger partial charge on any atom is 0.117 e. The van der Waals surface area contributed by atoms with Crippen LogP contribution in [0.2, 0.25) is 0 Å². The Morgan fingerprint density at radius 2 is 1.82 bits per heavy atom. The molecule has 2 atom stereocenters. The highest BCUT2D eigenvalue weighted by atomic mass is 16.6. The zero-order chi connectivity index (χ0) is 7.90. The molecule has 11 heavy (non-hydrogen) atoms. The monoisotopic (exact) mass is 148 g/mol. The summed E-state index contributed by atoms with van der Waals surface area (Å²) in [5.41, 5.74) is 1.29. The molecule has 1 aliphatic heterocycles. The Hall–Kier alpha value is -0.820. The van der Waals surface area contributed by atoms with Crippen LogP contribution in [0.25, 0.3) is 0 Å². The van der Waals surface area contributed by atoms with Crippen molar-refractivity contribution < 1.29 is 4.74 Å². The van der Waals surface area contributed by atoms with Crippen molar-refractivity contribution in [3.63, 3.8) is 0 Å². The predicted octanol–water partition coefficient (Wildman–Crippen LogP) is 2.32. The van der Waals surface area contributed by atoms with Crippen LogP contribution in [0.5, 0.6) is 0 Å². The standard InChI is InChI=1S/C10H12O/c1-8-10(2,11-8)9-6-4-3-5-7-9/h3-8H,1-2H3/t8-,10?/m1/s1. The fraction of sp³-hybridized carbons (Fsp3) is 0.400. The number of hydrogen-bond acceptors (Lipinski definition) is 1. The van der Waals surface area contributed by atoms with Crippen LogP contribution < -0.4 is 0 Å². The maximum absolute atomic E-state index is 5.49. The van der Waals surface area contributed by atoms with E-state index in [9.17, 15) is 0 Å². The third-order valence-corrected chi connectivity index (χ3v) is 2.49. The van der Waals surface area contributed by atoms with Gasteiger partial charge in [0.1, 0.15) is 5.60 Å². The van der Waals surface area contributed by atoms with Gasteiger partial charge in [-0.2, -0.15) is 0 Å². The van der Waals surface area contributed by atoms with Gasteiger partial charge in [0, 0.05) is 0 Å². The first-order chi connectivity index (χ1) is 5.23. The minimum atomic E-state index is 0.00125. The molecule has 0 aliphatic carbocycles. The second-order valence-corrected chi connectivity index (χ2v) is 3.23. The van der Waals surface area contributed by atoms with Crippen molar-refractivity contribution in [2.24, 2.45) is 0 Å². The van der Waals surface area contributed by atoms with Crippen LogP contribution in [0.15, 0.2) is 30.3 Å². The topological polar surface area (TPSA) is 12.5 Å². The zero-order valence-corrected chi connectivity index (χ0v) is 6.87. The number of benzene rings is 1. The third kappa shape index (κ3) is 0.962. The average Bonchev–Trinajstić information content (AvgIpc) is 2.64. The number of rotatable bonds is 1. The van der Waals surface area contributed by atoms with Crippen molar-refractivity contribution >= 4 is 0 Å². The van der Waals surface area contributed by atoms with E-state index in [4.69, 9.17) is 4.74 Å². The maximum atomic E-state index is 5.49. The van der Waals surface area contributed by atoms with E-state index >= 15 is 0 Å². The predicted molar refractivity (Wildman–Crippen MR) is 44.3 cm³/mol. The summed E-state index contributed by atoms with van der Waals surface area (Å²) < 4.78 is 5.49. The second-order valence-electron chi connectivity index (χ2n) is 3.23. The molecule has 1 aromatic rings. The molecule has 1 aromatic carbocycles. The molecular weight excluding hydrogens is 136 g/mol. The fourth-order valence-electron chi connectivity index (χ4n) is 1.41. The molecule has 0 radical (unpaired) electrons. The van der Waals surface area contributed by atoms with Crippen molar-refractivity contribution in [2.75, 3.05) is 0 Å². The van der Waals surface area contributed by atoms with E-state index in [1.165, 1.54) is 5.56 Å². The van der Waals surface area contributed by atoms with Crippen molar-refractivity contribution in [1.29, 1.82) is 0 Å². The van der Waals surface area contributed by atoms with E-state index in [1.807, 2.05) is 6.07 Å². The van der Waals surface area contributed by atoms with Gasteiger partial charge < -0.3 is 4.74 Å². The molecule has 0 saturated carbocycles. The van der Waals surface area contributed by atoms with Crippen LogP contribution in [0.1, 0.15) is 19.4 Å². The van der Waals surface area contributed by atoms with E-state index in [0.717, 1.165) is 0 Å². The highest BCUT2D eigenvalue weighted by molar-refractivity contribution is 5.27. The molecule has 1 aliphatic rings. The highest BCUT2D eigenvalue weighted by Crippen LogP contribution is 2.45. The Bertz CT molecular complexity index is 255. The summed E-state index contributed by atoms with van der Waals surface area (Å²) in [6.07, 6.45) is 0.380. The van der Waals surface area contributed by atoms with Gasteiger partial charge in [-0.25, -0.2) is 0 Å². The lowest BCUT2D eigenvalue weighted by molar-refractivity contribution is 0.316. The Morgan fingerprint density at radius 1 is 1.27 bits per heavy atom. The smallest absolute Gasteiger partial charge is 0.117 e. The van der Waals surface area contributed by atoms with E-state index in [-0.39, 0.29) is 5.60 Å². The largest absolute Gasteiger partial charge is 0.362 e. The van der Waals surface area contributed by atoms with Crippen molar-refractivity contribution in [3.8, 4) is 0 Å². The number of epoxide rings is 1. The van der Waals surface area contributed by atoms with Gasteiger partial charge in [-0.15, -0.1) is 0 Å². The van der Waals surface area contributed by atoms with Gasteiger partial charge in [0.15, 0.2) is 0 Å². The molecule has 0 N–H and O–H groups in total. The molecule has 1 fully saturated rings. The van der Waals surface area contributed by atoms with Crippen LogP contribution >= 0.6 is 0 Å². The van der Waals surface area contributed by atoms with Crippen LogP contribution in [-0.2, 0) is 10.3 Å².